The highest BCUT2D eigenvalue weighted by atomic mass is 32.2. The smallest absolute Gasteiger partial charge is 0.100 e. The zero-order chi connectivity index (χ0) is 13.6. The van der Waals surface area contributed by atoms with Crippen molar-refractivity contribution >= 4 is 11.8 Å². The van der Waals surface area contributed by atoms with Crippen molar-refractivity contribution in [3.63, 3.8) is 0 Å². The Morgan fingerprint density at radius 2 is 1.26 bits per heavy atom. The fraction of sp³-hybridized carbons (Fsp3) is 0.333. The van der Waals surface area contributed by atoms with Gasteiger partial charge in [-0.15, -0.1) is 23.6 Å². The molecule has 2 aliphatic rings. The van der Waals surface area contributed by atoms with Crippen LogP contribution in [0.3, 0.4) is 0 Å². The third-order valence-electron chi connectivity index (χ3n) is 3.10. The Morgan fingerprint density at radius 1 is 0.789 bits per heavy atom. The molecule has 0 aromatic heterocycles. The second kappa shape index (κ2) is 6.05. The van der Waals surface area contributed by atoms with Gasteiger partial charge in [-0.25, -0.2) is 0 Å². The van der Waals surface area contributed by atoms with Gasteiger partial charge in [-0.05, 0) is 26.7 Å². The molecule has 0 heterocycles. The second-order valence-electron chi connectivity index (χ2n) is 4.61. The number of allylic oxidation sites excluding steroid dienone is 6. The summed E-state index contributed by atoms with van der Waals surface area (Å²) in [5, 5.41) is 0. The van der Waals surface area contributed by atoms with Crippen molar-refractivity contribution in [1.29, 1.82) is 0 Å². The molecule has 0 spiro atoms. The predicted molar refractivity (Wildman–Crippen MR) is 85.7 cm³/mol. The van der Waals surface area contributed by atoms with Crippen LogP contribution in [-0.2, 0) is 0 Å². The standard InChI is InChI=1S/C18H18S/c1-3-11-17(13-7-5-8-14-17)19-18(12-4-2)15-9-6-10-16-18/h5-10,13,15H,14,16H2,1-2H3. The summed E-state index contributed by atoms with van der Waals surface area (Å²) in [5.74, 6) is 12.9. The summed E-state index contributed by atoms with van der Waals surface area (Å²) < 4.78 is -0.300. The van der Waals surface area contributed by atoms with Gasteiger partial charge in [-0.1, -0.05) is 60.4 Å². The van der Waals surface area contributed by atoms with Gasteiger partial charge in [0.15, 0.2) is 0 Å². The van der Waals surface area contributed by atoms with Gasteiger partial charge in [0, 0.05) is 0 Å². The van der Waals surface area contributed by atoms with Gasteiger partial charge in [0.05, 0.1) is 0 Å². The molecule has 0 aliphatic heterocycles. The molecule has 0 nitrogen and oxygen atoms in total. The summed E-state index contributed by atoms with van der Waals surface area (Å²) in [6.07, 6.45) is 19.0. The van der Waals surface area contributed by atoms with Crippen molar-refractivity contribution in [3.8, 4) is 23.7 Å². The maximum Gasteiger partial charge on any atom is 0.100 e. The van der Waals surface area contributed by atoms with Gasteiger partial charge in [0.25, 0.3) is 0 Å². The Hall–Kier alpha value is -1.57. The molecule has 2 aliphatic carbocycles. The summed E-state index contributed by atoms with van der Waals surface area (Å²) in [4.78, 5) is 0. The summed E-state index contributed by atoms with van der Waals surface area (Å²) in [5.41, 5.74) is 0. The topological polar surface area (TPSA) is 0 Å². The van der Waals surface area contributed by atoms with E-state index in [-0.39, 0.29) is 9.49 Å². The monoisotopic (exact) mass is 266 g/mol. The lowest BCUT2D eigenvalue weighted by atomic mass is 9.99. The molecular formula is C18H18S. The number of hydrogen-bond acceptors (Lipinski definition) is 1. The van der Waals surface area contributed by atoms with Crippen LogP contribution in [0.25, 0.3) is 0 Å². The predicted octanol–water partition coefficient (Wildman–Crippen LogP) is 4.28. The molecule has 2 atom stereocenters. The van der Waals surface area contributed by atoms with Gasteiger partial charge in [0.1, 0.15) is 9.49 Å². The van der Waals surface area contributed by atoms with Gasteiger partial charge in [-0.3, -0.25) is 0 Å². The van der Waals surface area contributed by atoms with Crippen molar-refractivity contribution in [1.82, 2.24) is 0 Å². The Bertz CT molecular complexity index is 516. The third-order valence-corrected chi connectivity index (χ3v) is 4.64. The maximum absolute atomic E-state index is 3.38. The van der Waals surface area contributed by atoms with E-state index >= 15 is 0 Å². The summed E-state index contributed by atoms with van der Waals surface area (Å²) in [7, 11) is 0. The second-order valence-corrected chi connectivity index (χ2v) is 6.27. The molecule has 2 rings (SSSR count). The van der Waals surface area contributed by atoms with Gasteiger partial charge >= 0.3 is 0 Å². The van der Waals surface area contributed by atoms with E-state index in [1.54, 1.807) is 0 Å². The van der Waals surface area contributed by atoms with E-state index in [4.69, 9.17) is 0 Å². The van der Waals surface area contributed by atoms with Crippen LogP contribution in [-0.4, -0.2) is 9.49 Å². The largest absolute Gasteiger partial charge is 0.113 e. The molecule has 1 heteroatoms. The van der Waals surface area contributed by atoms with Crippen LogP contribution < -0.4 is 0 Å². The molecule has 96 valence electrons. The van der Waals surface area contributed by atoms with Crippen LogP contribution in [0.2, 0.25) is 0 Å². The Balaban J connectivity index is 2.33. The highest BCUT2D eigenvalue weighted by Crippen LogP contribution is 2.45. The Labute approximate surface area is 120 Å². The van der Waals surface area contributed by atoms with Crippen LogP contribution in [0, 0.1) is 23.7 Å². The SMILES string of the molecule is CC#CC1(SC2(C#CC)C=CC=CC2)C=CC=CC1. The van der Waals surface area contributed by atoms with Crippen molar-refractivity contribution < 1.29 is 0 Å². The van der Waals surface area contributed by atoms with Crippen molar-refractivity contribution in [2.75, 3.05) is 0 Å². The molecule has 0 saturated carbocycles. The molecule has 0 aromatic rings. The van der Waals surface area contributed by atoms with E-state index in [2.05, 4.69) is 72.3 Å². The zero-order valence-electron chi connectivity index (χ0n) is 11.4. The normalized spacial score (nSPS) is 31.3. The fourth-order valence-electron chi connectivity index (χ4n) is 2.34. The van der Waals surface area contributed by atoms with Crippen LogP contribution in [0.4, 0.5) is 0 Å². The zero-order valence-corrected chi connectivity index (χ0v) is 12.3. The van der Waals surface area contributed by atoms with E-state index in [1.807, 2.05) is 25.6 Å². The van der Waals surface area contributed by atoms with E-state index in [0.29, 0.717) is 0 Å². The first kappa shape index (κ1) is 13.9. The molecule has 0 aromatic carbocycles. The first-order valence-electron chi connectivity index (χ1n) is 6.51. The first-order chi connectivity index (χ1) is 9.24. The number of rotatable bonds is 2. The van der Waals surface area contributed by atoms with Crippen molar-refractivity contribution in [2.45, 2.75) is 36.2 Å². The van der Waals surface area contributed by atoms with Gasteiger partial charge < -0.3 is 0 Å². The quantitative estimate of drug-likeness (QED) is 0.672. The molecule has 0 amide bonds. The van der Waals surface area contributed by atoms with E-state index in [9.17, 15) is 0 Å². The minimum absolute atomic E-state index is 0.150. The highest BCUT2D eigenvalue weighted by Gasteiger charge is 2.37. The van der Waals surface area contributed by atoms with Gasteiger partial charge in [0.2, 0.25) is 0 Å². The molecule has 0 saturated heterocycles. The average molecular weight is 266 g/mol. The molecule has 0 radical (unpaired) electrons. The van der Waals surface area contributed by atoms with E-state index in [0.717, 1.165) is 12.8 Å². The third kappa shape index (κ3) is 3.25. The van der Waals surface area contributed by atoms with E-state index in [1.165, 1.54) is 0 Å². The van der Waals surface area contributed by atoms with Crippen molar-refractivity contribution in [2.24, 2.45) is 0 Å². The molecule has 0 fully saturated rings. The number of hydrogen-bond donors (Lipinski definition) is 0. The molecule has 2 unspecified atom stereocenters. The van der Waals surface area contributed by atoms with Crippen LogP contribution >= 0.6 is 11.8 Å². The van der Waals surface area contributed by atoms with Crippen molar-refractivity contribution in [3.05, 3.63) is 48.6 Å². The average Bonchev–Trinajstić information content (AvgIpc) is 2.41. The van der Waals surface area contributed by atoms with Crippen LogP contribution in [0.15, 0.2) is 48.6 Å². The van der Waals surface area contributed by atoms with Crippen LogP contribution in [0.5, 0.6) is 0 Å². The number of thioether (sulfide) groups is 1. The summed E-state index contributed by atoms with van der Waals surface area (Å²) in [6, 6.07) is 0. The first-order valence-corrected chi connectivity index (χ1v) is 7.33. The summed E-state index contributed by atoms with van der Waals surface area (Å²) >= 11 is 1.86. The minimum Gasteiger partial charge on any atom is -0.113 e. The van der Waals surface area contributed by atoms with Gasteiger partial charge in [-0.2, -0.15) is 0 Å². The summed E-state index contributed by atoms with van der Waals surface area (Å²) in [6.45, 7) is 3.81. The maximum atomic E-state index is 3.38. The van der Waals surface area contributed by atoms with E-state index < -0.39 is 0 Å². The molecule has 0 bridgehead atoms. The van der Waals surface area contributed by atoms with Crippen LogP contribution in [0.1, 0.15) is 26.7 Å². The Morgan fingerprint density at radius 3 is 1.58 bits per heavy atom. The highest BCUT2D eigenvalue weighted by molar-refractivity contribution is 8.02. The lowest BCUT2D eigenvalue weighted by Gasteiger charge is -2.35. The molecular weight excluding hydrogens is 248 g/mol. The molecule has 0 N–H and O–H groups in total. The Kier molecular flexibility index (Phi) is 4.41. The minimum atomic E-state index is -0.150. The fourth-order valence-corrected chi connectivity index (χ4v) is 3.95. The molecule has 19 heavy (non-hydrogen) atoms. The lowest BCUT2D eigenvalue weighted by Crippen LogP contribution is -2.31. The lowest BCUT2D eigenvalue weighted by molar-refractivity contribution is 0.853.